The molecule has 0 radical (unpaired) electrons. The van der Waals surface area contributed by atoms with E-state index in [0.29, 0.717) is 23.1 Å². The van der Waals surface area contributed by atoms with E-state index in [4.69, 9.17) is 9.47 Å². The van der Waals surface area contributed by atoms with E-state index in [1.54, 1.807) is 61.5 Å². The molecule has 3 unspecified atom stereocenters. The number of aromatic amines is 1. The Morgan fingerprint density at radius 1 is 0.909 bits per heavy atom. The van der Waals surface area contributed by atoms with Gasteiger partial charge in [0.25, 0.3) is 5.56 Å². The van der Waals surface area contributed by atoms with Crippen LogP contribution in [0, 0.1) is 18.8 Å². The Kier molecular flexibility index (Phi) is 6.53. The molecule has 0 spiro atoms. The lowest BCUT2D eigenvalue weighted by Crippen LogP contribution is -2.48. The Morgan fingerprint density at radius 2 is 1.45 bits per heavy atom. The number of esters is 2. The van der Waals surface area contributed by atoms with E-state index in [-0.39, 0.29) is 31.1 Å². The molecule has 1 heterocycles. The average molecular weight is 448 g/mol. The molecule has 1 saturated carbocycles. The summed E-state index contributed by atoms with van der Waals surface area (Å²) in [6.45, 7) is 1.81. The van der Waals surface area contributed by atoms with Gasteiger partial charge in [-0.15, -0.1) is 0 Å². The number of H-pyrrole nitrogens is 1. The maximum absolute atomic E-state index is 12.4. The average Bonchev–Trinajstić information content (AvgIpc) is 2.82. The molecule has 1 N–H and O–H groups in total. The Bertz CT molecular complexity index is 1250. The molecule has 1 fully saturated rings. The Balaban J connectivity index is 1.48. The van der Waals surface area contributed by atoms with Crippen molar-refractivity contribution in [1.82, 2.24) is 9.55 Å². The topological polar surface area (TPSA) is 107 Å². The smallest absolute Gasteiger partial charge is 0.338 e. The minimum Gasteiger partial charge on any atom is -0.462 e. The van der Waals surface area contributed by atoms with Crippen LogP contribution in [0.1, 0.15) is 38.7 Å². The number of ether oxygens (including phenoxy) is 2. The predicted molar refractivity (Wildman–Crippen MR) is 120 cm³/mol. The normalized spacial score (nSPS) is 19.4. The van der Waals surface area contributed by atoms with Crippen molar-refractivity contribution in [3.8, 4) is 0 Å². The SMILES string of the molecule is Cc1cn(C2CC(COC(=O)c3ccccc3)C2COC(=O)c2ccccc2)c(=O)[nH]c1=O. The molecule has 8 heteroatoms. The molecule has 2 aromatic carbocycles. The van der Waals surface area contributed by atoms with Crippen LogP contribution >= 0.6 is 0 Å². The molecule has 1 aliphatic carbocycles. The van der Waals surface area contributed by atoms with Gasteiger partial charge in [-0.05, 0) is 37.6 Å². The standard InChI is InChI=1S/C25H24N2O6/c1-16-13-27(25(31)26-22(16)28)21-12-19(14-32-23(29)17-8-4-2-5-9-17)20(21)15-33-24(30)18-10-6-3-7-11-18/h2-11,13,19-21H,12,14-15H2,1H3,(H,26,28,31). The van der Waals surface area contributed by atoms with Crippen LogP contribution < -0.4 is 11.2 Å². The second-order valence-corrected chi connectivity index (χ2v) is 8.13. The van der Waals surface area contributed by atoms with Crippen LogP contribution in [-0.4, -0.2) is 34.7 Å². The van der Waals surface area contributed by atoms with E-state index in [0.717, 1.165) is 0 Å². The number of hydrogen-bond acceptors (Lipinski definition) is 6. The van der Waals surface area contributed by atoms with Crippen LogP contribution in [0.2, 0.25) is 0 Å². The van der Waals surface area contributed by atoms with Gasteiger partial charge < -0.3 is 9.47 Å². The number of carbonyl (C=O) groups is 2. The van der Waals surface area contributed by atoms with Gasteiger partial charge in [-0.2, -0.15) is 0 Å². The van der Waals surface area contributed by atoms with E-state index < -0.39 is 23.2 Å². The third kappa shape index (κ3) is 4.95. The number of aryl methyl sites for hydroxylation is 1. The maximum atomic E-state index is 12.4. The molecular weight excluding hydrogens is 424 g/mol. The molecule has 1 aromatic heterocycles. The second-order valence-electron chi connectivity index (χ2n) is 8.13. The summed E-state index contributed by atoms with van der Waals surface area (Å²) in [6, 6.07) is 17.0. The third-order valence-corrected chi connectivity index (χ3v) is 6.00. The molecule has 4 rings (SSSR count). The second kappa shape index (κ2) is 9.68. The fourth-order valence-corrected chi connectivity index (χ4v) is 4.04. The van der Waals surface area contributed by atoms with Gasteiger partial charge in [0.05, 0.1) is 24.3 Å². The van der Waals surface area contributed by atoms with Crippen molar-refractivity contribution in [1.29, 1.82) is 0 Å². The highest BCUT2D eigenvalue weighted by Crippen LogP contribution is 2.44. The largest absolute Gasteiger partial charge is 0.462 e. The summed E-state index contributed by atoms with van der Waals surface area (Å²) in [5.41, 5.74) is 0.338. The van der Waals surface area contributed by atoms with Gasteiger partial charge in [0.15, 0.2) is 0 Å². The quantitative estimate of drug-likeness (QED) is 0.557. The van der Waals surface area contributed by atoms with Crippen LogP contribution in [0.5, 0.6) is 0 Å². The van der Waals surface area contributed by atoms with Crippen LogP contribution in [0.4, 0.5) is 0 Å². The summed E-state index contributed by atoms with van der Waals surface area (Å²) >= 11 is 0. The zero-order valence-corrected chi connectivity index (χ0v) is 18.1. The number of nitrogens with zero attached hydrogens (tertiary/aromatic N) is 1. The van der Waals surface area contributed by atoms with Crippen LogP contribution in [0.25, 0.3) is 0 Å². The molecule has 170 valence electrons. The highest BCUT2D eigenvalue weighted by atomic mass is 16.5. The first-order valence-corrected chi connectivity index (χ1v) is 10.7. The predicted octanol–water partition coefficient (Wildman–Crippen LogP) is 2.74. The van der Waals surface area contributed by atoms with Crippen LogP contribution in [-0.2, 0) is 9.47 Å². The first-order chi connectivity index (χ1) is 15.9. The van der Waals surface area contributed by atoms with Crippen molar-refractivity contribution in [3.05, 3.63) is 104 Å². The number of rotatable bonds is 7. The molecule has 0 saturated heterocycles. The molecule has 8 nitrogen and oxygen atoms in total. The Hall–Kier alpha value is -3.94. The molecule has 0 bridgehead atoms. The minimum absolute atomic E-state index is 0.0521. The van der Waals surface area contributed by atoms with Crippen LogP contribution in [0.15, 0.2) is 76.4 Å². The zero-order chi connectivity index (χ0) is 23.4. The van der Waals surface area contributed by atoms with Crippen molar-refractivity contribution in [2.24, 2.45) is 11.8 Å². The Morgan fingerprint density at radius 3 is 2.03 bits per heavy atom. The van der Waals surface area contributed by atoms with Gasteiger partial charge in [-0.1, -0.05) is 36.4 Å². The first kappa shape index (κ1) is 22.3. The van der Waals surface area contributed by atoms with Gasteiger partial charge in [0.2, 0.25) is 0 Å². The summed E-state index contributed by atoms with van der Waals surface area (Å²) in [6.07, 6.45) is 2.06. The summed E-state index contributed by atoms with van der Waals surface area (Å²) < 4.78 is 12.5. The lowest BCUT2D eigenvalue weighted by molar-refractivity contribution is -0.0330. The summed E-state index contributed by atoms with van der Waals surface area (Å²) in [5, 5.41) is 0. The Labute approximate surface area is 189 Å². The van der Waals surface area contributed by atoms with Crippen molar-refractivity contribution in [3.63, 3.8) is 0 Å². The lowest BCUT2D eigenvalue weighted by Gasteiger charge is -2.44. The van der Waals surface area contributed by atoms with E-state index in [2.05, 4.69) is 4.98 Å². The fourth-order valence-electron chi connectivity index (χ4n) is 4.04. The van der Waals surface area contributed by atoms with E-state index >= 15 is 0 Å². The molecule has 1 aliphatic rings. The van der Waals surface area contributed by atoms with E-state index in [9.17, 15) is 19.2 Å². The van der Waals surface area contributed by atoms with Crippen molar-refractivity contribution < 1.29 is 19.1 Å². The summed E-state index contributed by atoms with van der Waals surface area (Å²) in [7, 11) is 0. The number of benzene rings is 2. The summed E-state index contributed by atoms with van der Waals surface area (Å²) in [4.78, 5) is 51.2. The fraction of sp³-hybridized carbons (Fsp3) is 0.280. The number of aromatic nitrogens is 2. The van der Waals surface area contributed by atoms with Gasteiger partial charge in [-0.25, -0.2) is 14.4 Å². The molecule has 3 aromatic rings. The van der Waals surface area contributed by atoms with Gasteiger partial charge in [-0.3, -0.25) is 14.3 Å². The van der Waals surface area contributed by atoms with Crippen molar-refractivity contribution in [2.75, 3.05) is 13.2 Å². The molecule has 33 heavy (non-hydrogen) atoms. The summed E-state index contributed by atoms with van der Waals surface area (Å²) in [5.74, 6) is -1.27. The van der Waals surface area contributed by atoms with Gasteiger partial charge in [0, 0.05) is 29.6 Å². The molecular formula is C25H24N2O6. The maximum Gasteiger partial charge on any atom is 0.338 e. The monoisotopic (exact) mass is 448 g/mol. The highest BCUT2D eigenvalue weighted by Gasteiger charge is 2.44. The molecule has 0 amide bonds. The third-order valence-electron chi connectivity index (χ3n) is 6.00. The van der Waals surface area contributed by atoms with Gasteiger partial charge >= 0.3 is 17.6 Å². The minimum atomic E-state index is -0.519. The number of nitrogens with one attached hydrogen (secondary N) is 1. The van der Waals surface area contributed by atoms with Crippen LogP contribution in [0.3, 0.4) is 0 Å². The van der Waals surface area contributed by atoms with E-state index in [1.165, 1.54) is 10.8 Å². The van der Waals surface area contributed by atoms with Gasteiger partial charge in [0.1, 0.15) is 0 Å². The lowest BCUT2D eigenvalue weighted by atomic mass is 9.69. The van der Waals surface area contributed by atoms with E-state index in [1.807, 2.05) is 6.07 Å². The molecule has 3 atom stereocenters. The number of carbonyl (C=O) groups excluding carboxylic acids is 2. The van der Waals surface area contributed by atoms with Crippen molar-refractivity contribution in [2.45, 2.75) is 19.4 Å². The molecule has 0 aliphatic heterocycles. The van der Waals surface area contributed by atoms with Crippen molar-refractivity contribution >= 4 is 11.9 Å². The number of hydrogen-bond donors (Lipinski definition) is 1. The first-order valence-electron chi connectivity index (χ1n) is 10.7. The zero-order valence-electron chi connectivity index (χ0n) is 18.1. The highest BCUT2D eigenvalue weighted by molar-refractivity contribution is 5.89.